The Bertz CT molecular complexity index is 797. The van der Waals surface area contributed by atoms with Crippen LogP contribution in [0.25, 0.3) is 10.9 Å². The number of aromatic nitrogens is 2. The summed E-state index contributed by atoms with van der Waals surface area (Å²) in [6.07, 6.45) is 1.37. The minimum Gasteiger partial charge on any atom is -0.466 e. The summed E-state index contributed by atoms with van der Waals surface area (Å²) in [5.41, 5.74) is 1.39. The summed E-state index contributed by atoms with van der Waals surface area (Å²) >= 11 is 0. The van der Waals surface area contributed by atoms with Crippen LogP contribution in [0.15, 0.2) is 35.0 Å². The van der Waals surface area contributed by atoms with Crippen LogP contribution in [0.2, 0.25) is 0 Å². The zero-order chi connectivity index (χ0) is 15.0. The summed E-state index contributed by atoms with van der Waals surface area (Å²) < 4.78 is 19.3. The Kier molecular flexibility index (Phi) is 3.33. The van der Waals surface area contributed by atoms with E-state index in [0.29, 0.717) is 16.7 Å². The van der Waals surface area contributed by atoms with Gasteiger partial charge in [0.15, 0.2) is 0 Å². The second-order valence-corrected chi connectivity index (χ2v) is 5.09. The van der Waals surface area contributed by atoms with Crippen molar-refractivity contribution < 1.29 is 8.81 Å². The Hall–Kier alpha value is -2.43. The number of benzene rings is 1. The van der Waals surface area contributed by atoms with Crippen LogP contribution in [0.5, 0.6) is 0 Å². The molecule has 1 unspecified atom stereocenters. The van der Waals surface area contributed by atoms with Gasteiger partial charge in [-0.3, -0.25) is 0 Å². The molecule has 0 amide bonds. The lowest BCUT2D eigenvalue weighted by Gasteiger charge is -2.15. The summed E-state index contributed by atoms with van der Waals surface area (Å²) in [6.45, 7) is 5.86. The highest BCUT2D eigenvalue weighted by molar-refractivity contribution is 5.89. The third-order valence-corrected chi connectivity index (χ3v) is 3.51. The third-order valence-electron chi connectivity index (χ3n) is 3.51. The molecule has 0 radical (unpaired) electrons. The molecule has 21 heavy (non-hydrogen) atoms. The molecular formula is C16H16FN3O. The molecule has 0 saturated carbocycles. The van der Waals surface area contributed by atoms with Crippen molar-refractivity contribution >= 4 is 16.7 Å². The second-order valence-electron chi connectivity index (χ2n) is 5.09. The van der Waals surface area contributed by atoms with Gasteiger partial charge in [0.05, 0.1) is 6.04 Å². The molecular weight excluding hydrogens is 269 g/mol. The molecule has 0 fully saturated rings. The number of fused-ring (bicyclic) bond motifs is 1. The van der Waals surface area contributed by atoms with Crippen molar-refractivity contribution in [3.63, 3.8) is 0 Å². The molecule has 3 rings (SSSR count). The van der Waals surface area contributed by atoms with Gasteiger partial charge in [0.1, 0.15) is 35.0 Å². The van der Waals surface area contributed by atoms with Crippen LogP contribution < -0.4 is 5.32 Å². The molecule has 5 heteroatoms. The molecule has 2 aromatic heterocycles. The predicted octanol–water partition coefficient (Wildman–Crippen LogP) is 4.15. The zero-order valence-electron chi connectivity index (χ0n) is 12.1. The number of anilines is 1. The first-order valence-electron chi connectivity index (χ1n) is 6.79. The molecule has 1 atom stereocenters. The second kappa shape index (κ2) is 5.16. The molecule has 0 aliphatic rings. The molecule has 0 spiro atoms. The number of nitrogens with one attached hydrogen (secondary N) is 1. The number of nitrogens with zero attached hydrogens (tertiary/aromatic N) is 2. The van der Waals surface area contributed by atoms with Gasteiger partial charge in [-0.15, -0.1) is 0 Å². The van der Waals surface area contributed by atoms with Crippen molar-refractivity contribution in [2.24, 2.45) is 0 Å². The Morgan fingerprint density at radius 3 is 2.76 bits per heavy atom. The topological polar surface area (TPSA) is 51.0 Å². The van der Waals surface area contributed by atoms with Crippen LogP contribution in [0.4, 0.5) is 10.2 Å². The smallest absolute Gasteiger partial charge is 0.149 e. The van der Waals surface area contributed by atoms with E-state index in [0.717, 1.165) is 17.1 Å². The lowest BCUT2D eigenvalue weighted by molar-refractivity contribution is 0.500. The lowest BCUT2D eigenvalue weighted by Crippen LogP contribution is -2.09. The van der Waals surface area contributed by atoms with Crippen molar-refractivity contribution in [2.45, 2.75) is 26.8 Å². The Morgan fingerprint density at radius 1 is 1.24 bits per heavy atom. The monoisotopic (exact) mass is 285 g/mol. The van der Waals surface area contributed by atoms with Crippen LogP contribution in [-0.4, -0.2) is 9.97 Å². The van der Waals surface area contributed by atoms with Crippen molar-refractivity contribution in [3.05, 3.63) is 53.5 Å². The number of para-hydroxylation sites is 1. The number of furan rings is 1. The number of hydrogen-bond donors (Lipinski definition) is 1. The van der Waals surface area contributed by atoms with Crippen molar-refractivity contribution in [1.29, 1.82) is 0 Å². The molecule has 0 aliphatic carbocycles. The van der Waals surface area contributed by atoms with Gasteiger partial charge in [-0.25, -0.2) is 14.4 Å². The van der Waals surface area contributed by atoms with Crippen LogP contribution in [-0.2, 0) is 0 Å². The normalized spacial score (nSPS) is 12.6. The van der Waals surface area contributed by atoms with Crippen LogP contribution in [0.3, 0.4) is 0 Å². The van der Waals surface area contributed by atoms with Crippen molar-refractivity contribution in [1.82, 2.24) is 9.97 Å². The number of aryl methyl sites for hydroxylation is 2. The maximum atomic E-state index is 13.8. The summed E-state index contributed by atoms with van der Waals surface area (Å²) in [4.78, 5) is 8.23. The quantitative estimate of drug-likeness (QED) is 0.785. The molecule has 0 bridgehead atoms. The first kappa shape index (κ1) is 13.5. The highest BCUT2D eigenvalue weighted by Gasteiger charge is 2.15. The van der Waals surface area contributed by atoms with Crippen LogP contribution >= 0.6 is 0 Å². The average Bonchev–Trinajstić information content (AvgIpc) is 2.79. The van der Waals surface area contributed by atoms with E-state index >= 15 is 0 Å². The Morgan fingerprint density at radius 2 is 2.05 bits per heavy atom. The Labute approximate surface area is 122 Å². The predicted molar refractivity (Wildman–Crippen MR) is 79.7 cm³/mol. The number of rotatable bonds is 3. The number of halogens is 1. The SMILES string of the molecule is Cc1cc(C(C)Nc2ncnc3c(F)cccc23)c(C)o1. The minimum atomic E-state index is -0.346. The number of hydrogen-bond acceptors (Lipinski definition) is 4. The van der Waals surface area contributed by atoms with Gasteiger partial charge in [0.25, 0.3) is 0 Å². The van der Waals surface area contributed by atoms with E-state index < -0.39 is 0 Å². The fourth-order valence-electron chi connectivity index (χ4n) is 2.53. The molecule has 1 N–H and O–H groups in total. The standard InChI is InChI=1S/C16H16FN3O/c1-9-7-13(11(3)21-9)10(2)20-16-12-5-4-6-14(17)15(12)18-8-19-16/h4-8,10H,1-3H3,(H,18,19,20). The van der Waals surface area contributed by atoms with Crippen molar-refractivity contribution in [3.8, 4) is 0 Å². The van der Waals surface area contributed by atoms with E-state index in [1.165, 1.54) is 12.4 Å². The van der Waals surface area contributed by atoms with E-state index in [1.807, 2.05) is 26.8 Å². The van der Waals surface area contributed by atoms with Gasteiger partial charge in [-0.1, -0.05) is 6.07 Å². The summed E-state index contributed by atoms with van der Waals surface area (Å²) in [6, 6.07) is 6.86. The Balaban J connectivity index is 1.98. The van der Waals surface area contributed by atoms with Gasteiger partial charge < -0.3 is 9.73 Å². The maximum absolute atomic E-state index is 13.8. The highest BCUT2D eigenvalue weighted by Crippen LogP contribution is 2.27. The van der Waals surface area contributed by atoms with Gasteiger partial charge in [-0.2, -0.15) is 0 Å². The van der Waals surface area contributed by atoms with E-state index in [1.54, 1.807) is 12.1 Å². The summed E-state index contributed by atoms with van der Waals surface area (Å²) in [7, 11) is 0. The van der Waals surface area contributed by atoms with Crippen molar-refractivity contribution in [2.75, 3.05) is 5.32 Å². The van der Waals surface area contributed by atoms with Gasteiger partial charge in [0, 0.05) is 10.9 Å². The van der Waals surface area contributed by atoms with Gasteiger partial charge in [0.2, 0.25) is 0 Å². The van der Waals surface area contributed by atoms with E-state index in [9.17, 15) is 4.39 Å². The molecule has 0 saturated heterocycles. The average molecular weight is 285 g/mol. The molecule has 2 heterocycles. The molecule has 3 aromatic rings. The first-order chi connectivity index (χ1) is 10.1. The third kappa shape index (κ3) is 2.46. The van der Waals surface area contributed by atoms with E-state index in [2.05, 4.69) is 15.3 Å². The van der Waals surface area contributed by atoms with Gasteiger partial charge in [-0.05, 0) is 39.0 Å². The maximum Gasteiger partial charge on any atom is 0.149 e. The van der Waals surface area contributed by atoms with Crippen LogP contribution in [0.1, 0.15) is 30.0 Å². The largest absolute Gasteiger partial charge is 0.466 e. The van der Waals surface area contributed by atoms with E-state index in [4.69, 9.17) is 4.42 Å². The molecule has 4 nitrogen and oxygen atoms in total. The minimum absolute atomic E-state index is 0.00353. The first-order valence-corrected chi connectivity index (χ1v) is 6.79. The lowest BCUT2D eigenvalue weighted by atomic mass is 10.1. The molecule has 108 valence electrons. The van der Waals surface area contributed by atoms with E-state index in [-0.39, 0.29) is 11.9 Å². The summed E-state index contributed by atoms with van der Waals surface area (Å²) in [5.74, 6) is 2.01. The summed E-state index contributed by atoms with van der Waals surface area (Å²) in [5, 5.41) is 3.97. The van der Waals surface area contributed by atoms with Crippen LogP contribution in [0, 0.1) is 19.7 Å². The fraction of sp³-hybridized carbons (Fsp3) is 0.250. The van der Waals surface area contributed by atoms with Gasteiger partial charge >= 0.3 is 0 Å². The zero-order valence-corrected chi connectivity index (χ0v) is 12.1. The highest BCUT2D eigenvalue weighted by atomic mass is 19.1. The molecule has 0 aliphatic heterocycles. The fourth-order valence-corrected chi connectivity index (χ4v) is 2.53. The molecule has 1 aromatic carbocycles.